The van der Waals surface area contributed by atoms with Crippen molar-refractivity contribution in [2.45, 2.75) is 0 Å². The molecule has 68 valence electrons. The Morgan fingerprint density at radius 3 is 2.85 bits per heavy atom. The second-order valence-corrected chi connectivity index (χ2v) is 3.00. The number of rotatable bonds is 1. The van der Waals surface area contributed by atoms with Gasteiger partial charge < -0.3 is 5.43 Å². The van der Waals surface area contributed by atoms with Gasteiger partial charge in [0.25, 0.3) is 0 Å². The number of aromatic nitrogens is 1. The van der Waals surface area contributed by atoms with E-state index >= 15 is 0 Å². The lowest BCUT2D eigenvalue weighted by Crippen LogP contribution is -2.44. The van der Waals surface area contributed by atoms with Gasteiger partial charge in [0.15, 0.2) is 0 Å². The third-order valence-corrected chi connectivity index (χ3v) is 1.96. The van der Waals surface area contributed by atoms with Crippen LogP contribution in [0.25, 0.3) is 0 Å². The van der Waals surface area contributed by atoms with E-state index in [1.54, 1.807) is 12.4 Å². The summed E-state index contributed by atoms with van der Waals surface area (Å²) in [5, 5.41) is 2.03. The molecule has 0 aromatic carbocycles. The SMILES string of the molecule is CN1CCN=C(c2ccncc2)N1. The van der Waals surface area contributed by atoms with E-state index in [9.17, 15) is 0 Å². The van der Waals surface area contributed by atoms with E-state index in [2.05, 4.69) is 15.4 Å². The fourth-order valence-corrected chi connectivity index (χ4v) is 1.25. The zero-order valence-corrected chi connectivity index (χ0v) is 7.57. The number of hydrogen-bond donors (Lipinski definition) is 1. The van der Waals surface area contributed by atoms with Crippen LogP contribution in [0.3, 0.4) is 0 Å². The molecule has 0 saturated heterocycles. The largest absolute Gasteiger partial charge is 0.303 e. The van der Waals surface area contributed by atoms with E-state index < -0.39 is 0 Å². The first-order chi connectivity index (χ1) is 6.36. The molecule has 1 aliphatic heterocycles. The fourth-order valence-electron chi connectivity index (χ4n) is 1.25. The number of aliphatic imine (C=N–C) groups is 1. The van der Waals surface area contributed by atoms with Crippen molar-refractivity contribution >= 4 is 5.84 Å². The normalized spacial score (nSPS) is 17.8. The van der Waals surface area contributed by atoms with E-state index in [4.69, 9.17) is 0 Å². The highest BCUT2D eigenvalue weighted by molar-refractivity contribution is 5.98. The topological polar surface area (TPSA) is 40.5 Å². The first-order valence-electron chi connectivity index (χ1n) is 4.29. The average Bonchev–Trinajstić information content (AvgIpc) is 2.19. The Hall–Kier alpha value is -1.42. The minimum atomic E-state index is 0.848. The van der Waals surface area contributed by atoms with Gasteiger partial charge in [-0.25, -0.2) is 5.01 Å². The summed E-state index contributed by atoms with van der Waals surface area (Å²) in [4.78, 5) is 8.35. The molecule has 0 amide bonds. The van der Waals surface area contributed by atoms with Crippen molar-refractivity contribution < 1.29 is 0 Å². The van der Waals surface area contributed by atoms with Crippen molar-refractivity contribution in [3.8, 4) is 0 Å². The molecular formula is C9H12N4. The van der Waals surface area contributed by atoms with Gasteiger partial charge in [-0.05, 0) is 12.1 Å². The van der Waals surface area contributed by atoms with E-state index in [1.165, 1.54) is 0 Å². The first-order valence-corrected chi connectivity index (χ1v) is 4.29. The predicted octanol–water partition coefficient (Wildman–Crippen LogP) is 0.278. The van der Waals surface area contributed by atoms with Crippen molar-refractivity contribution in [3.63, 3.8) is 0 Å². The van der Waals surface area contributed by atoms with Gasteiger partial charge in [-0.15, -0.1) is 0 Å². The van der Waals surface area contributed by atoms with Crippen LogP contribution in [0.4, 0.5) is 0 Å². The van der Waals surface area contributed by atoms with Crippen LogP contribution in [0.15, 0.2) is 29.5 Å². The summed E-state index contributed by atoms with van der Waals surface area (Å²) in [6.07, 6.45) is 3.54. The Balaban J connectivity index is 2.22. The van der Waals surface area contributed by atoms with Crippen LogP contribution in [-0.2, 0) is 0 Å². The molecule has 0 bridgehead atoms. The van der Waals surface area contributed by atoms with E-state index in [0.717, 1.165) is 24.5 Å². The molecule has 1 N–H and O–H groups in total. The summed E-state index contributed by atoms with van der Waals surface area (Å²) in [6.45, 7) is 1.80. The molecule has 0 fully saturated rings. The molecule has 13 heavy (non-hydrogen) atoms. The number of hydrazine groups is 1. The van der Waals surface area contributed by atoms with Crippen molar-refractivity contribution in [3.05, 3.63) is 30.1 Å². The highest BCUT2D eigenvalue weighted by Crippen LogP contribution is 2.00. The van der Waals surface area contributed by atoms with Gasteiger partial charge in [0, 0.05) is 31.5 Å². The van der Waals surface area contributed by atoms with Gasteiger partial charge in [-0.2, -0.15) is 0 Å². The highest BCUT2D eigenvalue weighted by Gasteiger charge is 2.09. The highest BCUT2D eigenvalue weighted by atomic mass is 15.5. The molecule has 2 rings (SSSR count). The number of nitrogens with one attached hydrogen (secondary N) is 1. The van der Waals surface area contributed by atoms with Crippen molar-refractivity contribution in [2.75, 3.05) is 20.1 Å². The van der Waals surface area contributed by atoms with Crippen molar-refractivity contribution in [2.24, 2.45) is 4.99 Å². The van der Waals surface area contributed by atoms with Gasteiger partial charge in [-0.3, -0.25) is 9.98 Å². The third-order valence-electron chi connectivity index (χ3n) is 1.96. The molecule has 1 aromatic heterocycles. The van der Waals surface area contributed by atoms with Gasteiger partial charge in [0.05, 0.1) is 6.54 Å². The molecule has 4 nitrogen and oxygen atoms in total. The van der Waals surface area contributed by atoms with Crippen LogP contribution in [-0.4, -0.2) is 36.0 Å². The van der Waals surface area contributed by atoms with Crippen LogP contribution < -0.4 is 5.43 Å². The summed E-state index contributed by atoms with van der Waals surface area (Å²) < 4.78 is 0. The van der Waals surface area contributed by atoms with Gasteiger partial charge >= 0.3 is 0 Å². The molecule has 0 saturated carbocycles. The smallest absolute Gasteiger partial charge is 0.143 e. The molecule has 0 spiro atoms. The van der Waals surface area contributed by atoms with Crippen LogP contribution in [0.2, 0.25) is 0 Å². The number of likely N-dealkylation sites (N-methyl/N-ethyl adjacent to an activating group) is 1. The minimum Gasteiger partial charge on any atom is -0.303 e. The summed E-state index contributed by atoms with van der Waals surface area (Å²) in [6, 6.07) is 3.90. The number of pyridine rings is 1. The Morgan fingerprint density at radius 2 is 2.15 bits per heavy atom. The summed E-state index contributed by atoms with van der Waals surface area (Å²) >= 11 is 0. The zero-order chi connectivity index (χ0) is 9.10. The maximum atomic E-state index is 4.39. The van der Waals surface area contributed by atoms with Crippen molar-refractivity contribution in [1.82, 2.24) is 15.4 Å². The van der Waals surface area contributed by atoms with Crippen LogP contribution >= 0.6 is 0 Å². The Labute approximate surface area is 77.3 Å². The Morgan fingerprint density at radius 1 is 1.38 bits per heavy atom. The molecule has 1 aliphatic rings. The summed E-state index contributed by atoms with van der Waals surface area (Å²) in [5.41, 5.74) is 4.27. The zero-order valence-electron chi connectivity index (χ0n) is 7.57. The maximum Gasteiger partial charge on any atom is 0.143 e. The maximum absolute atomic E-state index is 4.39. The van der Waals surface area contributed by atoms with Gasteiger partial charge in [-0.1, -0.05) is 0 Å². The van der Waals surface area contributed by atoms with Crippen LogP contribution in [0.1, 0.15) is 5.56 Å². The molecule has 2 heterocycles. The lowest BCUT2D eigenvalue weighted by molar-refractivity contribution is 0.288. The lowest BCUT2D eigenvalue weighted by Gasteiger charge is -2.24. The first kappa shape index (κ1) is 8.19. The molecular weight excluding hydrogens is 164 g/mol. The van der Waals surface area contributed by atoms with Crippen LogP contribution in [0.5, 0.6) is 0 Å². The molecule has 1 aromatic rings. The molecule has 0 unspecified atom stereocenters. The van der Waals surface area contributed by atoms with Gasteiger partial charge in [0.1, 0.15) is 5.84 Å². The van der Waals surface area contributed by atoms with Crippen molar-refractivity contribution in [1.29, 1.82) is 0 Å². The molecule has 4 heteroatoms. The van der Waals surface area contributed by atoms with E-state index in [0.29, 0.717) is 0 Å². The predicted molar refractivity (Wildman–Crippen MR) is 51.4 cm³/mol. The Bertz CT molecular complexity index is 307. The average molecular weight is 176 g/mol. The minimum absolute atomic E-state index is 0.848. The third kappa shape index (κ3) is 1.84. The number of nitrogens with zero attached hydrogens (tertiary/aromatic N) is 3. The van der Waals surface area contributed by atoms with E-state index in [-0.39, 0.29) is 0 Å². The molecule has 0 atom stereocenters. The van der Waals surface area contributed by atoms with Crippen LogP contribution in [0, 0.1) is 0 Å². The quantitative estimate of drug-likeness (QED) is 0.668. The molecule has 0 aliphatic carbocycles. The molecule has 0 radical (unpaired) electrons. The van der Waals surface area contributed by atoms with Gasteiger partial charge in [0.2, 0.25) is 0 Å². The Kier molecular flexibility index (Phi) is 2.23. The standard InChI is InChI=1S/C9H12N4/c1-13-7-6-11-9(12-13)8-2-4-10-5-3-8/h2-5H,6-7H2,1H3,(H,11,12). The fraction of sp³-hybridized carbons (Fsp3) is 0.333. The summed E-state index contributed by atoms with van der Waals surface area (Å²) in [7, 11) is 2.01. The summed E-state index contributed by atoms with van der Waals surface area (Å²) in [5.74, 6) is 0.927. The number of amidine groups is 1. The second kappa shape index (κ2) is 3.53. The van der Waals surface area contributed by atoms with E-state index in [1.807, 2.05) is 24.2 Å². The second-order valence-electron chi connectivity index (χ2n) is 3.00. The monoisotopic (exact) mass is 176 g/mol. The number of hydrogen-bond acceptors (Lipinski definition) is 4. The lowest BCUT2D eigenvalue weighted by atomic mass is 10.2.